The molecule has 0 aromatic heterocycles. The Morgan fingerprint density at radius 1 is 1.40 bits per heavy atom. The van der Waals surface area contributed by atoms with Gasteiger partial charge in [-0.25, -0.2) is 4.39 Å². The maximum absolute atomic E-state index is 12.7. The molecule has 1 aromatic carbocycles. The molecule has 0 radical (unpaired) electrons. The topological polar surface area (TPSA) is 0 Å². The minimum absolute atomic E-state index is 0.168. The van der Waals surface area contributed by atoms with Crippen molar-refractivity contribution in [1.82, 2.24) is 0 Å². The standard InChI is InChI=1S/C13H15FS/c1-3-10(2)13(8-9-13)15-12-6-4-11(14)5-7-12/h4-7H,2-3,8-9H2,1H3. The highest BCUT2D eigenvalue weighted by atomic mass is 32.2. The van der Waals surface area contributed by atoms with Crippen LogP contribution in [0.1, 0.15) is 26.2 Å². The second-order valence-electron chi connectivity index (χ2n) is 4.01. The number of halogens is 1. The molecule has 0 spiro atoms. The highest BCUT2D eigenvalue weighted by molar-refractivity contribution is 8.01. The van der Waals surface area contributed by atoms with Crippen LogP contribution in [-0.4, -0.2) is 4.75 Å². The first-order valence-electron chi connectivity index (χ1n) is 5.29. The van der Waals surface area contributed by atoms with Gasteiger partial charge >= 0.3 is 0 Å². The summed E-state index contributed by atoms with van der Waals surface area (Å²) in [6.45, 7) is 6.27. The fourth-order valence-corrected chi connectivity index (χ4v) is 3.01. The van der Waals surface area contributed by atoms with Crippen molar-refractivity contribution in [2.75, 3.05) is 0 Å². The molecule has 0 heterocycles. The Kier molecular flexibility index (Phi) is 2.87. The number of benzene rings is 1. The summed E-state index contributed by atoms with van der Waals surface area (Å²) in [5.41, 5.74) is 1.32. The Balaban J connectivity index is 2.09. The molecule has 1 aliphatic carbocycles. The molecule has 0 amide bonds. The van der Waals surface area contributed by atoms with E-state index in [1.165, 1.54) is 30.5 Å². The van der Waals surface area contributed by atoms with Crippen molar-refractivity contribution >= 4 is 11.8 Å². The second-order valence-corrected chi connectivity index (χ2v) is 5.46. The zero-order chi connectivity index (χ0) is 10.9. The summed E-state index contributed by atoms with van der Waals surface area (Å²) in [7, 11) is 0. The molecule has 1 saturated carbocycles. The van der Waals surface area contributed by atoms with Crippen molar-refractivity contribution in [1.29, 1.82) is 0 Å². The maximum atomic E-state index is 12.7. The number of hydrogen-bond acceptors (Lipinski definition) is 1. The molecule has 0 saturated heterocycles. The van der Waals surface area contributed by atoms with E-state index < -0.39 is 0 Å². The van der Waals surface area contributed by atoms with Crippen LogP contribution < -0.4 is 0 Å². The van der Waals surface area contributed by atoms with E-state index in [1.54, 1.807) is 0 Å². The summed E-state index contributed by atoms with van der Waals surface area (Å²) in [5.74, 6) is -0.168. The molecule has 2 rings (SSSR count). The lowest BCUT2D eigenvalue weighted by Gasteiger charge is -2.16. The van der Waals surface area contributed by atoms with Gasteiger partial charge in [0.2, 0.25) is 0 Å². The molecule has 0 bridgehead atoms. The molecule has 1 aromatic rings. The van der Waals surface area contributed by atoms with Crippen LogP contribution in [-0.2, 0) is 0 Å². The Hall–Kier alpha value is -0.760. The quantitative estimate of drug-likeness (QED) is 0.680. The molecular formula is C13H15FS. The number of thioether (sulfide) groups is 1. The van der Waals surface area contributed by atoms with E-state index >= 15 is 0 Å². The molecule has 15 heavy (non-hydrogen) atoms. The minimum atomic E-state index is -0.168. The van der Waals surface area contributed by atoms with Crippen LogP contribution in [0, 0.1) is 5.82 Å². The summed E-state index contributed by atoms with van der Waals surface area (Å²) >= 11 is 1.83. The second kappa shape index (κ2) is 4.01. The number of hydrogen-bond donors (Lipinski definition) is 0. The van der Waals surface area contributed by atoms with Crippen molar-refractivity contribution in [3.63, 3.8) is 0 Å². The molecule has 0 unspecified atom stereocenters. The third kappa shape index (κ3) is 2.25. The Bertz CT molecular complexity index is 363. The van der Waals surface area contributed by atoms with Crippen LogP contribution in [0.4, 0.5) is 4.39 Å². The van der Waals surface area contributed by atoms with Crippen LogP contribution in [0.25, 0.3) is 0 Å². The molecule has 0 atom stereocenters. The van der Waals surface area contributed by atoms with E-state index in [-0.39, 0.29) is 10.6 Å². The monoisotopic (exact) mass is 222 g/mol. The molecule has 2 heteroatoms. The third-order valence-electron chi connectivity index (χ3n) is 2.90. The summed E-state index contributed by atoms with van der Waals surface area (Å²) in [4.78, 5) is 1.14. The van der Waals surface area contributed by atoms with Gasteiger partial charge < -0.3 is 0 Å². The Morgan fingerprint density at radius 3 is 2.47 bits per heavy atom. The van der Waals surface area contributed by atoms with Crippen molar-refractivity contribution in [2.24, 2.45) is 0 Å². The van der Waals surface area contributed by atoms with Crippen LogP contribution >= 0.6 is 11.8 Å². The smallest absolute Gasteiger partial charge is 0.123 e. The Morgan fingerprint density at radius 2 is 2.00 bits per heavy atom. The normalized spacial score (nSPS) is 17.5. The fourth-order valence-electron chi connectivity index (χ4n) is 1.69. The molecule has 0 aliphatic heterocycles. The largest absolute Gasteiger partial charge is 0.207 e. The van der Waals surface area contributed by atoms with Gasteiger partial charge in [0.15, 0.2) is 0 Å². The van der Waals surface area contributed by atoms with Crippen LogP contribution in [0.15, 0.2) is 41.3 Å². The van der Waals surface area contributed by atoms with Gasteiger partial charge in [0.05, 0.1) is 0 Å². The van der Waals surface area contributed by atoms with Gasteiger partial charge in [-0.15, -0.1) is 11.8 Å². The van der Waals surface area contributed by atoms with Gasteiger partial charge in [-0.2, -0.15) is 0 Å². The highest BCUT2D eigenvalue weighted by Crippen LogP contribution is 2.56. The average molecular weight is 222 g/mol. The first-order valence-corrected chi connectivity index (χ1v) is 6.11. The lowest BCUT2D eigenvalue weighted by atomic mass is 10.1. The van der Waals surface area contributed by atoms with Gasteiger partial charge in [-0.3, -0.25) is 0 Å². The first kappa shape index (κ1) is 10.7. The molecule has 0 N–H and O–H groups in total. The van der Waals surface area contributed by atoms with Crippen molar-refractivity contribution in [2.45, 2.75) is 35.8 Å². The molecule has 80 valence electrons. The van der Waals surface area contributed by atoms with Gasteiger partial charge in [-0.1, -0.05) is 19.1 Å². The highest BCUT2D eigenvalue weighted by Gasteiger charge is 2.45. The SMILES string of the molecule is C=C(CC)C1(Sc2ccc(F)cc2)CC1. The molecule has 1 aliphatic rings. The third-order valence-corrected chi connectivity index (χ3v) is 4.50. The first-order chi connectivity index (χ1) is 7.16. The van der Waals surface area contributed by atoms with E-state index in [0.717, 1.165) is 11.3 Å². The zero-order valence-corrected chi connectivity index (χ0v) is 9.74. The fraction of sp³-hybridized carbons (Fsp3) is 0.385. The summed E-state index contributed by atoms with van der Waals surface area (Å²) in [6, 6.07) is 6.74. The van der Waals surface area contributed by atoms with E-state index in [1.807, 2.05) is 23.9 Å². The average Bonchev–Trinajstić information content (AvgIpc) is 3.01. The van der Waals surface area contributed by atoms with Gasteiger partial charge in [0.1, 0.15) is 5.82 Å². The molecule has 0 nitrogen and oxygen atoms in total. The van der Waals surface area contributed by atoms with Crippen LogP contribution in [0.2, 0.25) is 0 Å². The van der Waals surface area contributed by atoms with E-state index in [2.05, 4.69) is 13.5 Å². The maximum Gasteiger partial charge on any atom is 0.123 e. The van der Waals surface area contributed by atoms with Crippen molar-refractivity contribution in [3.05, 3.63) is 42.2 Å². The van der Waals surface area contributed by atoms with E-state index in [4.69, 9.17) is 0 Å². The minimum Gasteiger partial charge on any atom is -0.207 e. The Labute approximate surface area is 94.6 Å². The zero-order valence-electron chi connectivity index (χ0n) is 8.92. The van der Waals surface area contributed by atoms with Gasteiger partial charge in [-0.05, 0) is 43.5 Å². The lowest BCUT2D eigenvalue weighted by Crippen LogP contribution is -2.04. The lowest BCUT2D eigenvalue weighted by molar-refractivity contribution is 0.626. The predicted octanol–water partition coefficient (Wildman–Crippen LogP) is 4.42. The predicted molar refractivity (Wildman–Crippen MR) is 63.7 cm³/mol. The summed E-state index contributed by atoms with van der Waals surface area (Å²) in [5, 5.41) is 0. The van der Waals surface area contributed by atoms with Gasteiger partial charge in [0, 0.05) is 9.64 Å². The van der Waals surface area contributed by atoms with Crippen LogP contribution in [0.3, 0.4) is 0 Å². The van der Waals surface area contributed by atoms with E-state index in [9.17, 15) is 4.39 Å². The summed E-state index contributed by atoms with van der Waals surface area (Å²) < 4.78 is 13.0. The van der Waals surface area contributed by atoms with Crippen molar-refractivity contribution in [3.8, 4) is 0 Å². The van der Waals surface area contributed by atoms with Crippen LogP contribution in [0.5, 0.6) is 0 Å². The molecular weight excluding hydrogens is 207 g/mol. The number of rotatable bonds is 4. The summed E-state index contributed by atoms with van der Waals surface area (Å²) in [6.07, 6.45) is 3.46. The van der Waals surface area contributed by atoms with Crippen molar-refractivity contribution < 1.29 is 4.39 Å². The van der Waals surface area contributed by atoms with Gasteiger partial charge in [0.25, 0.3) is 0 Å². The van der Waals surface area contributed by atoms with E-state index in [0.29, 0.717) is 0 Å². The molecule has 1 fully saturated rings.